The van der Waals surface area contributed by atoms with E-state index in [9.17, 15) is 14.4 Å². The van der Waals surface area contributed by atoms with Crippen LogP contribution in [0.15, 0.2) is 0 Å². The van der Waals surface area contributed by atoms with Crippen molar-refractivity contribution in [2.75, 3.05) is 13.2 Å². The van der Waals surface area contributed by atoms with Crippen LogP contribution in [-0.2, 0) is 23.9 Å². The van der Waals surface area contributed by atoms with Crippen LogP contribution in [-0.4, -0.2) is 31.1 Å². The van der Waals surface area contributed by atoms with Gasteiger partial charge in [0.15, 0.2) is 12.5 Å². The minimum Gasteiger partial charge on any atom is -0.465 e. The third-order valence-electron chi connectivity index (χ3n) is 1.62. The molecule has 6 heteroatoms. The van der Waals surface area contributed by atoms with Crippen LogP contribution in [0.25, 0.3) is 0 Å². The van der Waals surface area contributed by atoms with Crippen LogP contribution in [0, 0.1) is 5.92 Å². The number of hydrogen-bond donors (Lipinski definition) is 1. The lowest BCUT2D eigenvalue weighted by atomic mass is 10.1. The molecule has 0 radical (unpaired) electrons. The van der Waals surface area contributed by atoms with Crippen molar-refractivity contribution >= 4 is 17.8 Å². The number of esters is 2. The maximum atomic E-state index is 11.3. The number of rotatable bonds is 6. The van der Waals surface area contributed by atoms with Crippen molar-refractivity contribution in [2.24, 2.45) is 11.7 Å². The molecule has 0 fully saturated rings. The first-order valence-electron chi connectivity index (χ1n) is 4.64. The Kier molecular flexibility index (Phi) is 6.08. The molecule has 86 valence electrons. The predicted octanol–water partition coefficient (Wildman–Crippen LogP) is -0.396. The number of carbonyl (C=O) groups excluding carboxylic acids is 3. The summed E-state index contributed by atoms with van der Waals surface area (Å²) in [6, 6.07) is 0. The average Bonchev–Trinajstić information content (AvgIpc) is 2.16. The Morgan fingerprint density at radius 3 is 2.07 bits per heavy atom. The molecule has 15 heavy (non-hydrogen) atoms. The number of carbonyl (C=O) groups is 3. The van der Waals surface area contributed by atoms with Gasteiger partial charge in [0.1, 0.15) is 0 Å². The van der Waals surface area contributed by atoms with E-state index in [1.54, 1.807) is 13.8 Å². The van der Waals surface area contributed by atoms with Gasteiger partial charge in [0.25, 0.3) is 5.91 Å². The van der Waals surface area contributed by atoms with Crippen LogP contribution in [0.1, 0.15) is 20.3 Å². The van der Waals surface area contributed by atoms with E-state index in [0.717, 1.165) is 0 Å². The first-order chi connectivity index (χ1) is 7.02. The number of hydrogen-bond acceptors (Lipinski definition) is 5. The van der Waals surface area contributed by atoms with Crippen LogP contribution >= 0.6 is 0 Å². The fourth-order valence-corrected chi connectivity index (χ4v) is 0.915. The second kappa shape index (κ2) is 6.80. The minimum atomic E-state index is -0.982. The normalized spacial score (nSPS) is 11.6. The molecule has 0 aromatic heterocycles. The number of amides is 1. The molecule has 0 bridgehead atoms. The minimum absolute atomic E-state index is 0.193. The molecule has 1 atom stereocenters. The van der Waals surface area contributed by atoms with Crippen LogP contribution in [0.2, 0.25) is 0 Å². The zero-order valence-corrected chi connectivity index (χ0v) is 8.82. The van der Waals surface area contributed by atoms with Crippen LogP contribution in [0.3, 0.4) is 0 Å². The monoisotopic (exact) mass is 217 g/mol. The van der Waals surface area contributed by atoms with Gasteiger partial charge >= 0.3 is 11.9 Å². The van der Waals surface area contributed by atoms with Gasteiger partial charge < -0.3 is 15.2 Å². The summed E-state index contributed by atoms with van der Waals surface area (Å²) in [4.78, 5) is 32.8. The first-order valence-corrected chi connectivity index (χ1v) is 4.64. The fraction of sp³-hybridized carbons (Fsp3) is 0.667. The SMILES string of the molecule is CCOC(=O)C(CC)C(=O)OCC(N)=O. The van der Waals surface area contributed by atoms with Gasteiger partial charge in [-0.2, -0.15) is 0 Å². The zero-order chi connectivity index (χ0) is 11.8. The standard InChI is InChI=1S/C9H15NO5/c1-3-6(8(12)14-4-2)9(13)15-5-7(10)11/h6H,3-5H2,1-2H3,(H2,10,11). The molecule has 0 saturated heterocycles. The van der Waals surface area contributed by atoms with Gasteiger partial charge in [-0.1, -0.05) is 6.92 Å². The highest BCUT2D eigenvalue weighted by Crippen LogP contribution is 2.07. The molecule has 0 aliphatic carbocycles. The van der Waals surface area contributed by atoms with Crippen LogP contribution in [0.4, 0.5) is 0 Å². The molecular formula is C9H15NO5. The zero-order valence-electron chi connectivity index (χ0n) is 8.82. The highest BCUT2D eigenvalue weighted by atomic mass is 16.6. The quantitative estimate of drug-likeness (QED) is 0.482. The van der Waals surface area contributed by atoms with Crippen molar-refractivity contribution in [3.05, 3.63) is 0 Å². The molecule has 6 nitrogen and oxygen atoms in total. The third-order valence-corrected chi connectivity index (χ3v) is 1.62. The third kappa shape index (κ3) is 4.99. The molecule has 0 aliphatic heterocycles. The van der Waals surface area contributed by atoms with Gasteiger partial charge in [0.2, 0.25) is 0 Å². The van der Waals surface area contributed by atoms with Gasteiger partial charge in [-0.05, 0) is 13.3 Å². The Morgan fingerprint density at radius 1 is 1.13 bits per heavy atom. The molecule has 0 spiro atoms. The van der Waals surface area contributed by atoms with Crippen molar-refractivity contribution in [1.29, 1.82) is 0 Å². The highest BCUT2D eigenvalue weighted by Gasteiger charge is 2.27. The van der Waals surface area contributed by atoms with Gasteiger partial charge in [0.05, 0.1) is 6.61 Å². The molecule has 0 rings (SSSR count). The molecule has 0 heterocycles. The number of ether oxygens (including phenoxy) is 2. The Balaban J connectivity index is 4.21. The number of nitrogens with two attached hydrogens (primary N) is 1. The maximum Gasteiger partial charge on any atom is 0.320 e. The Morgan fingerprint density at radius 2 is 1.67 bits per heavy atom. The van der Waals surface area contributed by atoms with E-state index in [2.05, 4.69) is 9.47 Å². The highest BCUT2D eigenvalue weighted by molar-refractivity contribution is 5.95. The molecule has 0 aliphatic rings. The molecule has 2 N–H and O–H groups in total. The summed E-state index contributed by atoms with van der Waals surface area (Å²) in [6.07, 6.45) is 0.260. The Labute approximate surface area is 87.7 Å². The molecule has 1 unspecified atom stereocenters. The van der Waals surface area contributed by atoms with E-state index in [-0.39, 0.29) is 13.0 Å². The number of primary amides is 1. The summed E-state index contributed by atoms with van der Waals surface area (Å²) in [7, 11) is 0. The summed E-state index contributed by atoms with van der Waals surface area (Å²) in [5, 5.41) is 0. The van der Waals surface area contributed by atoms with Gasteiger partial charge in [-0.25, -0.2) is 0 Å². The molecule has 0 aromatic rings. The summed E-state index contributed by atoms with van der Waals surface area (Å²) in [5.41, 5.74) is 4.78. The maximum absolute atomic E-state index is 11.3. The van der Waals surface area contributed by atoms with Crippen molar-refractivity contribution in [3.8, 4) is 0 Å². The van der Waals surface area contributed by atoms with E-state index in [0.29, 0.717) is 0 Å². The molecular weight excluding hydrogens is 202 g/mol. The van der Waals surface area contributed by atoms with Gasteiger partial charge in [-0.3, -0.25) is 14.4 Å². The predicted molar refractivity (Wildman–Crippen MR) is 50.6 cm³/mol. The average molecular weight is 217 g/mol. The van der Waals surface area contributed by atoms with Gasteiger partial charge in [-0.15, -0.1) is 0 Å². The topological polar surface area (TPSA) is 95.7 Å². The lowest BCUT2D eigenvalue weighted by molar-refractivity contribution is -0.163. The lowest BCUT2D eigenvalue weighted by Crippen LogP contribution is -2.30. The van der Waals surface area contributed by atoms with Crippen molar-refractivity contribution < 1.29 is 23.9 Å². The smallest absolute Gasteiger partial charge is 0.320 e. The summed E-state index contributed by atoms with van der Waals surface area (Å²) in [5.74, 6) is -3.17. The van der Waals surface area contributed by atoms with E-state index in [4.69, 9.17) is 5.73 Å². The Hall–Kier alpha value is -1.59. The Bertz CT molecular complexity index is 251. The van der Waals surface area contributed by atoms with E-state index in [1.807, 2.05) is 0 Å². The molecule has 1 amide bonds. The summed E-state index contributed by atoms with van der Waals surface area (Å²) in [6.45, 7) is 2.96. The first kappa shape index (κ1) is 13.4. The second-order valence-electron chi connectivity index (χ2n) is 2.79. The fourth-order valence-electron chi connectivity index (χ4n) is 0.915. The van der Waals surface area contributed by atoms with Crippen molar-refractivity contribution in [1.82, 2.24) is 0 Å². The van der Waals surface area contributed by atoms with Crippen LogP contribution < -0.4 is 5.73 Å². The van der Waals surface area contributed by atoms with E-state index in [1.165, 1.54) is 0 Å². The van der Waals surface area contributed by atoms with Crippen LogP contribution in [0.5, 0.6) is 0 Å². The summed E-state index contributed by atoms with van der Waals surface area (Å²) < 4.78 is 9.18. The van der Waals surface area contributed by atoms with Gasteiger partial charge in [0, 0.05) is 0 Å². The van der Waals surface area contributed by atoms with Crippen molar-refractivity contribution in [3.63, 3.8) is 0 Å². The second-order valence-corrected chi connectivity index (χ2v) is 2.79. The molecule has 0 aromatic carbocycles. The largest absolute Gasteiger partial charge is 0.465 e. The van der Waals surface area contributed by atoms with E-state index >= 15 is 0 Å². The van der Waals surface area contributed by atoms with Crippen molar-refractivity contribution in [2.45, 2.75) is 20.3 Å². The molecule has 0 saturated carbocycles. The van der Waals surface area contributed by atoms with E-state index < -0.39 is 30.4 Å². The summed E-state index contributed by atoms with van der Waals surface area (Å²) >= 11 is 0. The lowest BCUT2D eigenvalue weighted by Gasteiger charge is -2.11.